The number of hydrogen-bond donors (Lipinski definition) is 2. The fourth-order valence-electron chi connectivity index (χ4n) is 2.95. The van der Waals surface area contributed by atoms with E-state index in [1.54, 1.807) is 18.4 Å². The molecule has 0 spiro atoms. The second-order valence-electron chi connectivity index (χ2n) is 6.60. The molecule has 3 aromatic rings. The van der Waals surface area contributed by atoms with Gasteiger partial charge in [0.1, 0.15) is 5.75 Å². The summed E-state index contributed by atoms with van der Waals surface area (Å²) >= 11 is 7.31. The Balaban J connectivity index is 1.85. The zero-order valence-electron chi connectivity index (χ0n) is 16.2. The van der Waals surface area contributed by atoms with E-state index in [4.69, 9.17) is 17.0 Å². The first-order valence-corrected chi connectivity index (χ1v) is 10.6. The molecule has 148 valence electrons. The Morgan fingerprint density at radius 1 is 1.29 bits per heavy atom. The van der Waals surface area contributed by atoms with Crippen molar-refractivity contribution in [3.8, 4) is 5.75 Å². The normalized spacial score (nSPS) is 10.8. The van der Waals surface area contributed by atoms with E-state index in [2.05, 4.69) is 33.6 Å². The van der Waals surface area contributed by atoms with Crippen molar-refractivity contribution in [2.24, 2.45) is 0 Å². The van der Waals surface area contributed by atoms with Gasteiger partial charge in [-0.3, -0.25) is 4.79 Å². The van der Waals surface area contributed by atoms with Gasteiger partial charge in [-0.15, -0.1) is 11.3 Å². The third-order valence-corrected chi connectivity index (χ3v) is 5.78. The highest BCUT2D eigenvalue weighted by Gasteiger charge is 2.14. The lowest BCUT2D eigenvalue weighted by Gasteiger charge is -2.25. The second kappa shape index (κ2) is 9.71. The molecule has 1 aromatic carbocycles. The standard InChI is InChI=1S/C21H25N3O2S2/c1-3-4-9-22-21(27)24(14-18-6-5-10-28-18)13-16-11-15-7-8-17(26-2)12-19(15)23-20(16)25/h5-8,10-12H,3-4,9,13-14H2,1-2H3,(H,22,27)(H,23,25). The number of nitrogens with one attached hydrogen (secondary N) is 2. The average Bonchev–Trinajstić information content (AvgIpc) is 3.20. The molecule has 0 fully saturated rings. The van der Waals surface area contributed by atoms with Crippen molar-refractivity contribution in [2.45, 2.75) is 32.9 Å². The molecule has 0 amide bonds. The molecule has 0 radical (unpaired) electrons. The SMILES string of the molecule is CCCCNC(=S)N(Cc1cccs1)Cc1cc2ccc(OC)cc2[nH]c1=O. The van der Waals surface area contributed by atoms with Gasteiger partial charge >= 0.3 is 0 Å². The van der Waals surface area contributed by atoms with Gasteiger partial charge in [0.2, 0.25) is 0 Å². The maximum atomic E-state index is 12.7. The molecule has 0 unspecified atom stereocenters. The van der Waals surface area contributed by atoms with Crippen molar-refractivity contribution in [1.29, 1.82) is 0 Å². The van der Waals surface area contributed by atoms with E-state index in [1.807, 2.05) is 30.3 Å². The van der Waals surface area contributed by atoms with Gasteiger partial charge in [0.25, 0.3) is 5.56 Å². The molecule has 5 nitrogen and oxygen atoms in total. The summed E-state index contributed by atoms with van der Waals surface area (Å²) in [5.74, 6) is 0.719. The van der Waals surface area contributed by atoms with Gasteiger partial charge in [-0.25, -0.2) is 0 Å². The number of aromatic amines is 1. The van der Waals surface area contributed by atoms with Crippen LogP contribution in [-0.2, 0) is 13.1 Å². The van der Waals surface area contributed by atoms with Crippen LogP contribution in [0.15, 0.2) is 46.6 Å². The van der Waals surface area contributed by atoms with Crippen molar-refractivity contribution in [1.82, 2.24) is 15.2 Å². The Morgan fingerprint density at radius 3 is 2.86 bits per heavy atom. The predicted octanol–water partition coefficient (Wildman–Crippen LogP) is 4.28. The van der Waals surface area contributed by atoms with Crippen molar-refractivity contribution in [2.75, 3.05) is 13.7 Å². The van der Waals surface area contributed by atoms with Crippen molar-refractivity contribution in [3.63, 3.8) is 0 Å². The molecule has 0 aliphatic carbocycles. The van der Waals surface area contributed by atoms with Crippen LogP contribution in [-0.4, -0.2) is 28.7 Å². The van der Waals surface area contributed by atoms with Crippen LogP contribution in [0.5, 0.6) is 5.75 Å². The van der Waals surface area contributed by atoms with Crippen LogP contribution in [0.2, 0.25) is 0 Å². The van der Waals surface area contributed by atoms with Crippen LogP contribution in [0.4, 0.5) is 0 Å². The van der Waals surface area contributed by atoms with Gasteiger partial charge in [-0.2, -0.15) is 0 Å². The number of nitrogens with zero attached hydrogens (tertiary/aromatic N) is 1. The van der Waals surface area contributed by atoms with E-state index in [0.29, 0.717) is 23.8 Å². The van der Waals surface area contributed by atoms with Gasteiger partial charge in [0, 0.05) is 23.1 Å². The largest absolute Gasteiger partial charge is 0.497 e. The molecular formula is C21H25N3O2S2. The lowest BCUT2D eigenvalue weighted by Crippen LogP contribution is -2.40. The summed E-state index contributed by atoms with van der Waals surface area (Å²) < 4.78 is 5.24. The van der Waals surface area contributed by atoms with Gasteiger partial charge < -0.3 is 19.9 Å². The summed E-state index contributed by atoms with van der Waals surface area (Å²) in [5, 5.41) is 7.02. The zero-order chi connectivity index (χ0) is 19.9. The molecule has 3 rings (SSSR count). The number of fused-ring (bicyclic) bond motifs is 1. The monoisotopic (exact) mass is 415 g/mol. The van der Waals surface area contributed by atoms with Crippen LogP contribution in [0, 0.1) is 0 Å². The molecule has 0 aliphatic heterocycles. The van der Waals surface area contributed by atoms with Crippen LogP contribution in [0.25, 0.3) is 10.9 Å². The highest BCUT2D eigenvalue weighted by molar-refractivity contribution is 7.80. The summed E-state index contributed by atoms with van der Waals surface area (Å²) in [7, 11) is 1.61. The zero-order valence-corrected chi connectivity index (χ0v) is 17.8. The lowest BCUT2D eigenvalue weighted by molar-refractivity contribution is 0.400. The number of unbranched alkanes of at least 4 members (excludes halogenated alkanes) is 1. The van der Waals surface area contributed by atoms with Gasteiger partial charge in [-0.05, 0) is 53.7 Å². The number of benzene rings is 1. The van der Waals surface area contributed by atoms with Crippen LogP contribution in [0.1, 0.15) is 30.2 Å². The minimum atomic E-state index is -0.103. The predicted molar refractivity (Wildman–Crippen MR) is 120 cm³/mol. The average molecular weight is 416 g/mol. The number of H-pyrrole nitrogens is 1. The molecule has 0 saturated carbocycles. The Labute approximate surface area is 174 Å². The molecule has 2 N–H and O–H groups in total. The molecule has 0 atom stereocenters. The molecule has 0 bridgehead atoms. The van der Waals surface area contributed by atoms with Crippen LogP contribution < -0.4 is 15.6 Å². The number of rotatable bonds is 8. The fraction of sp³-hybridized carbons (Fsp3) is 0.333. The first-order valence-electron chi connectivity index (χ1n) is 9.36. The van der Waals surface area contributed by atoms with Crippen LogP contribution >= 0.6 is 23.6 Å². The van der Waals surface area contributed by atoms with E-state index in [-0.39, 0.29) is 5.56 Å². The Morgan fingerprint density at radius 2 is 2.14 bits per heavy atom. The minimum absolute atomic E-state index is 0.103. The van der Waals surface area contributed by atoms with E-state index in [9.17, 15) is 4.79 Å². The first-order chi connectivity index (χ1) is 13.6. The first kappa shape index (κ1) is 20.4. The number of ether oxygens (including phenoxy) is 1. The fourth-order valence-corrected chi connectivity index (χ4v) is 3.90. The highest BCUT2D eigenvalue weighted by atomic mass is 32.1. The van der Waals surface area contributed by atoms with Crippen molar-refractivity contribution >= 4 is 39.6 Å². The third-order valence-electron chi connectivity index (χ3n) is 4.51. The maximum Gasteiger partial charge on any atom is 0.253 e. The number of thiophene rings is 1. The lowest BCUT2D eigenvalue weighted by atomic mass is 10.1. The molecule has 28 heavy (non-hydrogen) atoms. The summed E-state index contributed by atoms with van der Waals surface area (Å²) in [6.45, 7) is 4.12. The number of hydrogen-bond acceptors (Lipinski definition) is 4. The number of pyridine rings is 1. The topological polar surface area (TPSA) is 57.4 Å². The second-order valence-corrected chi connectivity index (χ2v) is 8.02. The van der Waals surface area contributed by atoms with Crippen molar-refractivity contribution in [3.05, 3.63) is 62.6 Å². The van der Waals surface area contributed by atoms with E-state index in [0.717, 1.165) is 36.0 Å². The van der Waals surface area contributed by atoms with Gasteiger partial charge in [0.05, 0.1) is 25.7 Å². The van der Waals surface area contributed by atoms with Gasteiger partial charge in [0.15, 0.2) is 5.11 Å². The number of thiocarbonyl (C=S) groups is 1. The Hall–Kier alpha value is -2.38. The highest BCUT2D eigenvalue weighted by Crippen LogP contribution is 2.20. The third kappa shape index (κ3) is 5.11. The molecular weight excluding hydrogens is 390 g/mol. The molecule has 2 heterocycles. The Bertz CT molecular complexity index is 983. The van der Waals surface area contributed by atoms with Crippen LogP contribution in [0.3, 0.4) is 0 Å². The maximum absolute atomic E-state index is 12.7. The number of methoxy groups -OCH3 is 1. The summed E-state index contributed by atoms with van der Waals surface area (Å²) in [4.78, 5) is 18.9. The number of aromatic nitrogens is 1. The molecule has 7 heteroatoms. The summed E-state index contributed by atoms with van der Waals surface area (Å²) in [5.41, 5.74) is 1.35. The smallest absolute Gasteiger partial charge is 0.253 e. The minimum Gasteiger partial charge on any atom is -0.497 e. The quantitative estimate of drug-likeness (QED) is 0.425. The van der Waals surface area contributed by atoms with E-state index in [1.165, 1.54) is 4.88 Å². The van der Waals surface area contributed by atoms with E-state index < -0.39 is 0 Å². The summed E-state index contributed by atoms with van der Waals surface area (Å²) in [6, 6.07) is 11.7. The molecule has 0 aliphatic rings. The summed E-state index contributed by atoms with van der Waals surface area (Å²) in [6.07, 6.45) is 2.17. The molecule has 0 saturated heterocycles. The van der Waals surface area contributed by atoms with E-state index >= 15 is 0 Å². The van der Waals surface area contributed by atoms with Gasteiger partial charge in [-0.1, -0.05) is 19.4 Å². The van der Waals surface area contributed by atoms with Crippen molar-refractivity contribution < 1.29 is 4.74 Å². The Kier molecular flexibility index (Phi) is 7.06. The molecule has 2 aromatic heterocycles.